The summed E-state index contributed by atoms with van der Waals surface area (Å²) < 4.78 is 2.28. The van der Waals surface area contributed by atoms with Crippen molar-refractivity contribution in [2.24, 2.45) is 0 Å². The molecule has 0 aliphatic carbocycles. The van der Waals surface area contributed by atoms with Crippen LogP contribution < -0.4 is 0 Å². The van der Waals surface area contributed by atoms with E-state index in [1.54, 1.807) is 0 Å². The Kier molecular flexibility index (Phi) is 4.72. The van der Waals surface area contributed by atoms with Crippen LogP contribution in [0, 0.1) is 0 Å². The number of hydrogen-bond acceptors (Lipinski definition) is 4. The van der Waals surface area contributed by atoms with Gasteiger partial charge in [-0.3, -0.25) is 4.90 Å². The summed E-state index contributed by atoms with van der Waals surface area (Å²) >= 11 is 0. The summed E-state index contributed by atoms with van der Waals surface area (Å²) in [5, 5.41) is 17.6. The number of fused-ring (bicyclic) bond motifs is 1. The average molecular weight is 252 g/mol. The zero-order valence-electron chi connectivity index (χ0n) is 11.5. The lowest BCUT2D eigenvalue weighted by molar-refractivity contribution is 0.178. The molecular weight excluding hydrogens is 228 g/mol. The van der Waals surface area contributed by atoms with Gasteiger partial charge < -0.3 is 9.67 Å². The lowest BCUT2D eigenvalue weighted by Gasteiger charge is -2.26. The highest BCUT2D eigenvalue weighted by Gasteiger charge is 2.18. The topological polar surface area (TPSA) is 54.2 Å². The SMILES string of the molecule is CC(C)N(CCCO)Cc1nnc2n1CCCC2. The Morgan fingerprint density at radius 2 is 2.17 bits per heavy atom. The molecule has 0 atom stereocenters. The van der Waals surface area contributed by atoms with E-state index in [1.165, 1.54) is 12.8 Å². The predicted octanol–water partition coefficient (Wildman–Crippen LogP) is 1.21. The molecule has 1 aromatic heterocycles. The summed E-state index contributed by atoms with van der Waals surface area (Å²) in [6.45, 7) is 7.43. The summed E-state index contributed by atoms with van der Waals surface area (Å²) in [6, 6.07) is 0.466. The molecule has 1 aliphatic rings. The van der Waals surface area contributed by atoms with E-state index in [1.807, 2.05) is 0 Å². The van der Waals surface area contributed by atoms with E-state index in [-0.39, 0.29) is 6.61 Å². The van der Waals surface area contributed by atoms with Crippen molar-refractivity contribution in [3.63, 3.8) is 0 Å². The molecule has 5 nitrogen and oxygen atoms in total. The first kappa shape index (κ1) is 13.5. The fourth-order valence-electron chi connectivity index (χ4n) is 2.46. The number of hydrogen-bond donors (Lipinski definition) is 1. The van der Waals surface area contributed by atoms with Crippen LogP contribution in [-0.4, -0.2) is 44.0 Å². The molecule has 18 heavy (non-hydrogen) atoms. The Labute approximate surface area is 109 Å². The highest BCUT2D eigenvalue weighted by atomic mass is 16.3. The Balaban J connectivity index is 2.04. The highest BCUT2D eigenvalue weighted by molar-refractivity contribution is 4.99. The van der Waals surface area contributed by atoms with E-state index >= 15 is 0 Å². The second kappa shape index (κ2) is 6.29. The fourth-order valence-corrected chi connectivity index (χ4v) is 2.46. The second-order valence-corrected chi connectivity index (χ2v) is 5.28. The monoisotopic (exact) mass is 252 g/mol. The first-order valence-electron chi connectivity index (χ1n) is 6.98. The third kappa shape index (κ3) is 3.09. The largest absolute Gasteiger partial charge is 0.396 e. The highest BCUT2D eigenvalue weighted by Crippen LogP contribution is 2.16. The van der Waals surface area contributed by atoms with Gasteiger partial charge in [0.2, 0.25) is 0 Å². The number of aliphatic hydroxyl groups excluding tert-OH is 1. The smallest absolute Gasteiger partial charge is 0.147 e. The molecule has 1 N–H and O–H groups in total. The van der Waals surface area contributed by atoms with Crippen molar-refractivity contribution in [2.45, 2.75) is 58.7 Å². The van der Waals surface area contributed by atoms with E-state index in [4.69, 9.17) is 5.11 Å². The molecule has 0 spiro atoms. The molecule has 0 amide bonds. The van der Waals surface area contributed by atoms with Crippen molar-refractivity contribution in [3.8, 4) is 0 Å². The number of aliphatic hydroxyl groups is 1. The summed E-state index contributed by atoms with van der Waals surface area (Å²) in [7, 11) is 0. The van der Waals surface area contributed by atoms with Gasteiger partial charge in [0.1, 0.15) is 11.6 Å². The van der Waals surface area contributed by atoms with Crippen molar-refractivity contribution in [1.29, 1.82) is 0 Å². The first-order chi connectivity index (χ1) is 8.72. The summed E-state index contributed by atoms with van der Waals surface area (Å²) in [5.74, 6) is 2.22. The van der Waals surface area contributed by atoms with Crippen LogP contribution in [0.15, 0.2) is 0 Å². The van der Waals surface area contributed by atoms with E-state index in [0.29, 0.717) is 6.04 Å². The van der Waals surface area contributed by atoms with E-state index < -0.39 is 0 Å². The molecule has 0 unspecified atom stereocenters. The van der Waals surface area contributed by atoms with Crippen LogP contribution in [0.25, 0.3) is 0 Å². The normalized spacial score (nSPS) is 15.4. The molecule has 0 saturated heterocycles. The Bertz CT molecular complexity index is 375. The minimum absolute atomic E-state index is 0.251. The van der Waals surface area contributed by atoms with E-state index in [9.17, 15) is 0 Å². The molecule has 0 fully saturated rings. The molecule has 0 aromatic carbocycles. The van der Waals surface area contributed by atoms with Crippen LogP contribution in [0.2, 0.25) is 0 Å². The summed E-state index contributed by atoms with van der Waals surface area (Å²) in [5.41, 5.74) is 0. The standard InChI is InChI=1S/C13H24N4O/c1-11(2)16(7-5-9-18)10-13-15-14-12-6-3-4-8-17(12)13/h11,18H,3-10H2,1-2H3. The van der Waals surface area contributed by atoms with Gasteiger partial charge in [0.05, 0.1) is 6.54 Å². The van der Waals surface area contributed by atoms with Crippen LogP contribution in [0.4, 0.5) is 0 Å². The van der Waals surface area contributed by atoms with Gasteiger partial charge in [-0.2, -0.15) is 0 Å². The Morgan fingerprint density at radius 1 is 1.33 bits per heavy atom. The van der Waals surface area contributed by atoms with Crippen LogP contribution in [-0.2, 0) is 19.5 Å². The lowest BCUT2D eigenvalue weighted by atomic mass is 10.1. The lowest BCUT2D eigenvalue weighted by Crippen LogP contribution is -2.33. The van der Waals surface area contributed by atoms with Gasteiger partial charge in [-0.05, 0) is 33.1 Å². The zero-order chi connectivity index (χ0) is 13.0. The van der Waals surface area contributed by atoms with Gasteiger partial charge in [-0.25, -0.2) is 0 Å². The Hall–Kier alpha value is -0.940. The van der Waals surface area contributed by atoms with Crippen molar-refractivity contribution >= 4 is 0 Å². The van der Waals surface area contributed by atoms with Gasteiger partial charge >= 0.3 is 0 Å². The maximum atomic E-state index is 8.96. The molecule has 2 heterocycles. The van der Waals surface area contributed by atoms with Crippen LogP contribution >= 0.6 is 0 Å². The molecule has 1 aromatic rings. The molecule has 102 valence electrons. The van der Waals surface area contributed by atoms with Gasteiger partial charge in [-0.15, -0.1) is 10.2 Å². The number of nitrogens with zero attached hydrogens (tertiary/aromatic N) is 4. The van der Waals surface area contributed by atoms with Crippen LogP contribution in [0.1, 0.15) is 44.8 Å². The van der Waals surface area contributed by atoms with Crippen LogP contribution in [0.5, 0.6) is 0 Å². The molecule has 1 aliphatic heterocycles. The molecule has 0 saturated carbocycles. The third-order valence-corrected chi connectivity index (χ3v) is 3.61. The number of aryl methyl sites for hydroxylation is 1. The minimum atomic E-state index is 0.251. The predicted molar refractivity (Wildman–Crippen MR) is 70.2 cm³/mol. The summed E-state index contributed by atoms with van der Waals surface area (Å²) in [4.78, 5) is 2.35. The zero-order valence-corrected chi connectivity index (χ0v) is 11.5. The van der Waals surface area contributed by atoms with E-state index in [0.717, 1.165) is 44.1 Å². The first-order valence-corrected chi connectivity index (χ1v) is 6.98. The van der Waals surface area contributed by atoms with Crippen molar-refractivity contribution in [3.05, 3.63) is 11.6 Å². The minimum Gasteiger partial charge on any atom is -0.396 e. The fraction of sp³-hybridized carbons (Fsp3) is 0.846. The summed E-state index contributed by atoms with van der Waals surface area (Å²) in [6.07, 6.45) is 4.34. The number of aromatic nitrogens is 3. The molecular formula is C13H24N4O. The van der Waals surface area contributed by atoms with Gasteiger partial charge in [0.25, 0.3) is 0 Å². The molecule has 5 heteroatoms. The van der Waals surface area contributed by atoms with E-state index in [2.05, 4.69) is 33.5 Å². The van der Waals surface area contributed by atoms with Crippen molar-refractivity contribution in [2.75, 3.05) is 13.2 Å². The maximum absolute atomic E-state index is 8.96. The van der Waals surface area contributed by atoms with Crippen molar-refractivity contribution < 1.29 is 5.11 Å². The quantitative estimate of drug-likeness (QED) is 0.827. The Morgan fingerprint density at radius 3 is 2.89 bits per heavy atom. The van der Waals surface area contributed by atoms with Gasteiger partial charge in [-0.1, -0.05) is 0 Å². The van der Waals surface area contributed by atoms with Crippen LogP contribution in [0.3, 0.4) is 0 Å². The third-order valence-electron chi connectivity index (χ3n) is 3.61. The van der Waals surface area contributed by atoms with Crippen molar-refractivity contribution in [1.82, 2.24) is 19.7 Å². The maximum Gasteiger partial charge on any atom is 0.147 e. The second-order valence-electron chi connectivity index (χ2n) is 5.28. The van der Waals surface area contributed by atoms with Gasteiger partial charge in [0, 0.05) is 32.2 Å². The van der Waals surface area contributed by atoms with Gasteiger partial charge in [0.15, 0.2) is 0 Å². The molecule has 0 radical (unpaired) electrons. The molecule has 0 bridgehead atoms. The molecule has 2 rings (SSSR count). The average Bonchev–Trinajstić information content (AvgIpc) is 2.77. The number of rotatable bonds is 6.